The van der Waals surface area contributed by atoms with Gasteiger partial charge in [0.15, 0.2) is 0 Å². The highest BCUT2D eigenvalue weighted by Gasteiger charge is 2.39. The number of nitrogens with zero attached hydrogens (tertiary/aromatic N) is 2. The zero-order valence-corrected chi connectivity index (χ0v) is 22.2. The minimum atomic E-state index is -0.629. The Hall–Kier alpha value is -4.09. The zero-order chi connectivity index (χ0) is 27.3. The molecule has 0 bridgehead atoms. The van der Waals surface area contributed by atoms with Crippen molar-refractivity contribution < 1.29 is 19.2 Å². The van der Waals surface area contributed by atoms with Gasteiger partial charge in [-0.3, -0.25) is 24.5 Å². The van der Waals surface area contributed by atoms with Crippen LogP contribution >= 0.6 is 11.6 Å². The van der Waals surface area contributed by atoms with Crippen LogP contribution in [0.1, 0.15) is 63.2 Å². The van der Waals surface area contributed by atoms with Crippen LogP contribution in [0, 0.1) is 24.7 Å². The Morgan fingerprint density at radius 2 is 1.85 bits per heavy atom. The summed E-state index contributed by atoms with van der Waals surface area (Å²) < 4.78 is 0. The smallest absolute Gasteiger partial charge is 0.270 e. The van der Waals surface area contributed by atoms with Gasteiger partial charge in [0.1, 0.15) is 11.7 Å². The van der Waals surface area contributed by atoms with Gasteiger partial charge in [0.05, 0.1) is 0 Å². The van der Waals surface area contributed by atoms with Crippen molar-refractivity contribution in [3.63, 3.8) is 0 Å². The molecule has 1 atom stereocenters. The van der Waals surface area contributed by atoms with Gasteiger partial charge in [0.25, 0.3) is 11.8 Å². The lowest BCUT2D eigenvalue weighted by molar-refractivity contribution is -0.136. The van der Waals surface area contributed by atoms with Crippen LogP contribution in [0.5, 0.6) is 0 Å². The van der Waals surface area contributed by atoms with Crippen LogP contribution in [-0.2, 0) is 16.1 Å². The van der Waals surface area contributed by atoms with Crippen LogP contribution in [0.25, 0.3) is 10.9 Å². The number of benzene rings is 2. The van der Waals surface area contributed by atoms with E-state index in [9.17, 15) is 19.2 Å². The van der Waals surface area contributed by atoms with E-state index < -0.39 is 11.9 Å². The Kier molecular flexibility index (Phi) is 6.40. The lowest BCUT2D eigenvalue weighted by Crippen LogP contribution is -2.52. The van der Waals surface area contributed by atoms with Crippen molar-refractivity contribution >= 4 is 46.1 Å². The molecule has 2 fully saturated rings. The van der Waals surface area contributed by atoms with Gasteiger partial charge < -0.3 is 14.8 Å². The van der Waals surface area contributed by atoms with Gasteiger partial charge in [0.2, 0.25) is 11.8 Å². The first kappa shape index (κ1) is 25.2. The minimum absolute atomic E-state index is 0.00455. The molecule has 1 unspecified atom stereocenters. The number of halogens is 1. The molecule has 2 aromatic carbocycles. The number of H-pyrrole nitrogens is 1. The average molecular weight is 543 g/mol. The predicted octanol–water partition coefficient (Wildman–Crippen LogP) is 3.79. The monoisotopic (exact) mass is 542 g/mol. The van der Waals surface area contributed by atoms with Gasteiger partial charge in [-0.2, -0.15) is 0 Å². The Bertz CT molecular complexity index is 1610. The maximum Gasteiger partial charge on any atom is 0.270 e. The van der Waals surface area contributed by atoms with Crippen molar-refractivity contribution in [2.24, 2.45) is 5.92 Å². The van der Waals surface area contributed by atoms with Gasteiger partial charge in [-0.25, -0.2) is 0 Å². The second-order valence-corrected chi connectivity index (χ2v) is 10.9. The van der Waals surface area contributed by atoms with E-state index in [1.54, 1.807) is 11.0 Å². The molecular weight excluding hydrogens is 516 g/mol. The molecule has 4 amide bonds. The number of fused-ring (bicyclic) bond motifs is 2. The first-order valence-corrected chi connectivity index (χ1v) is 13.5. The molecule has 1 aromatic heterocycles. The molecule has 2 N–H and O–H groups in total. The average Bonchev–Trinajstić information content (AvgIpc) is 3.43. The number of amides is 4. The normalized spacial score (nSPS) is 19.6. The van der Waals surface area contributed by atoms with E-state index >= 15 is 0 Å². The summed E-state index contributed by atoms with van der Waals surface area (Å²) in [6, 6.07) is 10.5. The fourth-order valence-corrected chi connectivity index (χ4v) is 5.92. The summed E-state index contributed by atoms with van der Waals surface area (Å²) in [7, 11) is 0. The first-order valence-electron chi connectivity index (χ1n) is 13.1. The molecule has 8 nitrogen and oxygen atoms in total. The van der Waals surface area contributed by atoms with E-state index in [2.05, 4.69) is 22.1 Å². The third kappa shape index (κ3) is 4.68. The Labute approximate surface area is 230 Å². The number of aromatic nitrogens is 1. The van der Waals surface area contributed by atoms with E-state index in [0.717, 1.165) is 40.4 Å². The number of piperidine rings is 2. The van der Waals surface area contributed by atoms with Crippen molar-refractivity contribution in [2.45, 2.75) is 45.2 Å². The number of carbonyl (C=O) groups excluding carboxylic acids is 4. The van der Waals surface area contributed by atoms with Crippen molar-refractivity contribution in [1.82, 2.24) is 20.1 Å². The molecule has 3 aliphatic heterocycles. The predicted molar refractivity (Wildman–Crippen MR) is 146 cm³/mol. The number of nitrogens with one attached hydrogen (secondary N) is 2. The summed E-state index contributed by atoms with van der Waals surface area (Å²) in [5.41, 5.74) is 4.63. The van der Waals surface area contributed by atoms with Crippen LogP contribution in [0.15, 0.2) is 36.4 Å². The van der Waals surface area contributed by atoms with Gasteiger partial charge >= 0.3 is 0 Å². The van der Waals surface area contributed by atoms with E-state index in [1.807, 2.05) is 42.2 Å². The summed E-state index contributed by atoms with van der Waals surface area (Å²) in [5.74, 6) is 5.87. The number of aryl methyl sites for hydroxylation is 1. The maximum atomic E-state index is 13.2. The first-order chi connectivity index (χ1) is 18.8. The summed E-state index contributed by atoms with van der Waals surface area (Å²) >= 11 is 6.11. The fourth-order valence-electron chi connectivity index (χ4n) is 5.75. The number of imide groups is 1. The summed E-state index contributed by atoms with van der Waals surface area (Å²) in [6.45, 7) is 3.54. The molecule has 2 saturated heterocycles. The number of hydrogen-bond acceptors (Lipinski definition) is 4. The molecule has 9 heteroatoms. The zero-order valence-electron chi connectivity index (χ0n) is 21.5. The molecule has 4 heterocycles. The Morgan fingerprint density at radius 3 is 2.62 bits per heavy atom. The van der Waals surface area contributed by atoms with Crippen molar-refractivity contribution in [3.8, 4) is 11.8 Å². The topological polar surface area (TPSA) is 103 Å². The number of likely N-dealkylation sites (tertiary alicyclic amines) is 1. The summed E-state index contributed by atoms with van der Waals surface area (Å²) in [5, 5.41) is 3.95. The lowest BCUT2D eigenvalue weighted by Gasteiger charge is -2.29. The van der Waals surface area contributed by atoms with Gasteiger partial charge in [-0.15, -0.1) is 0 Å². The largest absolute Gasteiger partial charge is 0.350 e. The molecule has 6 rings (SSSR count). The highest BCUT2D eigenvalue weighted by Crippen LogP contribution is 2.29. The quantitative estimate of drug-likeness (QED) is 0.380. The minimum Gasteiger partial charge on any atom is -0.350 e. The molecule has 3 aliphatic rings. The fraction of sp³-hybridized carbons (Fsp3) is 0.333. The SMILES string of the molecule is Cc1c(C(=O)N2CCC(C#Cc3ccc4c(c3)CN(C3CCC(=O)NC3=O)C4=O)CC2)[nH]c2cc(Cl)ccc12. The second-order valence-electron chi connectivity index (χ2n) is 10.4. The van der Waals surface area contributed by atoms with Crippen LogP contribution in [0.3, 0.4) is 0 Å². The lowest BCUT2D eigenvalue weighted by atomic mass is 9.96. The number of aromatic amines is 1. The Balaban J connectivity index is 1.09. The van der Waals surface area contributed by atoms with Crippen LogP contribution in [0.4, 0.5) is 0 Å². The van der Waals surface area contributed by atoms with Crippen molar-refractivity contribution in [1.29, 1.82) is 0 Å². The highest BCUT2D eigenvalue weighted by atomic mass is 35.5. The standard InChI is InChI=1S/C30H27ClN4O4/c1-17-22-7-5-21(31)15-24(22)32-27(17)30(39)34-12-10-18(11-13-34)2-3-19-4-6-23-20(14-19)16-35(29(23)38)25-8-9-26(36)33-28(25)37/h4-7,14-15,18,25,32H,8-13,16H2,1H3,(H,33,36,37). The number of hydrogen-bond donors (Lipinski definition) is 2. The molecular formula is C30H27ClN4O4. The molecule has 0 saturated carbocycles. The van der Waals surface area contributed by atoms with E-state index in [4.69, 9.17) is 11.6 Å². The molecule has 3 aromatic rings. The van der Waals surface area contributed by atoms with Crippen molar-refractivity contribution in [3.05, 3.63) is 69.4 Å². The van der Waals surface area contributed by atoms with Gasteiger partial charge in [-0.1, -0.05) is 29.5 Å². The summed E-state index contributed by atoms with van der Waals surface area (Å²) in [4.78, 5) is 56.5. The molecule has 39 heavy (non-hydrogen) atoms. The number of rotatable bonds is 2. The maximum absolute atomic E-state index is 13.2. The van der Waals surface area contributed by atoms with Crippen molar-refractivity contribution in [2.75, 3.05) is 13.1 Å². The molecule has 0 spiro atoms. The van der Waals surface area contributed by atoms with E-state index in [0.29, 0.717) is 42.3 Å². The number of carbonyl (C=O) groups is 4. The third-order valence-corrected chi connectivity index (χ3v) is 8.20. The van der Waals surface area contributed by atoms with E-state index in [1.165, 1.54) is 0 Å². The Morgan fingerprint density at radius 1 is 1.05 bits per heavy atom. The highest BCUT2D eigenvalue weighted by molar-refractivity contribution is 6.31. The molecule has 198 valence electrons. The van der Waals surface area contributed by atoms with E-state index in [-0.39, 0.29) is 30.1 Å². The second kappa shape index (κ2) is 9.90. The van der Waals surface area contributed by atoms with Crippen LogP contribution in [-0.4, -0.2) is 57.5 Å². The summed E-state index contributed by atoms with van der Waals surface area (Å²) in [6.07, 6.45) is 2.15. The van der Waals surface area contributed by atoms with Gasteiger partial charge in [0, 0.05) is 59.0 Å². The third-order valence-electron chi connectivity index (χ3n) is 7.96. The van der Waals surface area contributed by atoms with Crippen LogP contribution < -0.4 is 5.32 Å². The molecule has 0 aliphatic carbocycles. The van der Waals surface area contributed by atoms with Crippen LogP contribution in [0.2, 0.25) is 5.02 Å². The van der Waals surface area contributed by atoms with Gasteiger partial charge in [-0.05, 0) is 67.6 Å². The molecule has 0 radical (unpaired) electrons.